The van der Waals surface area contributed by atoms with Crippen LogP contribution in [0.15, 0.2) is 249 Å². The van der Waals surface area contributed by atoms with Crippen molar-refractivity contribution in [2.45, 2.75) is 113 Å². The van der Waals surface area contributed by atoms with Gasteiger partial charge in [0.2, 0.25) is 0 Å². The molecule has 716 valence electrons. The van der Waals surface area contributed by atoms with E-state index in [1.165, 1.54) is 164 Å². The molecule has 7 aliphatic heterocycles. The van der Waals surface area contributed by atoms with Crippen LogP contribution in [-0.2, 0) is 82.1 Å². The van der Waals surface area contributed by atoms with Crippen molar-refractivity contribution < 1.29 is 62.4 Å². The molecule has 6 atom stereocenters. The van der Waals surface area contributed by atoms with Crippen molar-refractivity contribution in [3.05, 3.63) is 283 Å². The van der Waals surface area contributed by atoms with E-state index >= 15 is 0 Å². The van der Waals surface area contributed by atoms with Gasteiger partial charge < -0.3 is 42.5 Å². The number of likely N-dealkylation sites (N-methyl/N-ethyl adjacent to an activating group) is 1. The van der Waals surface area contributed by atoms with Crippen molar-refractivity contribution in [1.29, 1.82) is 0 Å². The molecule has 17 nitrogen and oxygen atoms in total. The molecular formula is C95H146KN15O2P6S12. The molecule has 0 radical (unpaired) electrons. The predicted molar refractivity (Wildman–Crippen MR) is 616 cm³/mol. The minimum Gasteiger partial charge on any atom is -1.00 e. The summed E-state index contributed by atoms with van der Waals surface area (Å²) in [6.07, 6.45) is 16.8. The summed E-state index contributed by atoms with van der Waals surface area (Å²) in [5.74, 6) is 2.37. The van der Waals surface area contributed by atoms with E-state index in [-0.39, 0.29) is 60.2 Å². The Labute approximate surface area is 893 Å². The van der Waals surface area contributed by atoms with Crippen LogP contribution in [0, 0.1) is 34.6 Å². The van der Waals surface area contributed by atoms with Gasteiger partial charge in [0, 0.05) is 172 Å². The zero-order valence-corrected chi connectivity index (χ0v) is 95.9. The summed E-state index contributed by atoms with van der Waals surface area (Å²) >= 11 is 59.7. The average Bonchev–Trinajstić information content (AvgIpc) is 1.48. The van der Waals surface area contributed by atoms with Crippen LogP contribution in [0.4, 0.5) is 5.69 Å². The minimum atomic E-state index is -2.53. The number of aromatic nitrogens is 4. The van der Waals surface area contributed by atoms with E-state index in [0.717, 1.165) is 108 Å². The van der Waals surface area contributed by atoms with Crippen LogP contribution in [0.3, 0.4) is 0 Å². The van der Waals surface area contributed by atoms with Gasteiger partial charge in [-0.05, 0) is 155 Å². The van der Waals surface area contributed by atoms with Gasteiger partial charge in [0.1, 0.15) is 5.39 Å². The summed E-state index contributed by atoms with van der Waals surface area (Å²) in [7, 11) is 2.15. The van der Waals surface area contributed by atoms with Crippen LogP contribution in [-0.4, -0.2) is 204 Å². The van der Waals surface area contributed by atoms with Crippen LogP contribution in [0.2, 0.25) is 0 Å². The van der Waals surface area contributed by atoms with Gasteiger partial charge in [-0.3, -0.25) is 24.2 Å². The summed E-state index contributed by atoms with van der Waals surface area (Å²) in [5, 5.41) is 20.8. The maximum absolute atomic E-state index is 10.4. The number of aryl methyl sites for hydroxylation is 5. The number of nitrogens with zero attached hydrogens (tertiary/aromatic N) is 9. The number of piperazine rings is 2. The van der Waals surface area contributed by atoms with E-state index in [1.807, 2.05) is 102 Å². The zero-order chi connectivity index (χ0) is 93.2. The van der Waals surface area contributed by atoms with Gasteiger partial charge in [-0.2, -0.15) is 22.0 Å². The third-order valence-corrected chi connectivity index (χ3v) is 48.5. The van der Waals surface area contributed by atoms with Crippen LogP contribution < -0.4 is 115 Å². The second kappa shape index (κ2) is 66.8. The predicted octanol–water partition coefficient (Wildman–Crippen LogP) is 16.3. The molecule has 7 fully saturated rings. The third kappa shape index (κ3) is 45.1. The molecule has 36 heteroatoms. The molecule has 17 rings (SSSR count). The van der Waals surface area contributed by atoms with Gasteiger partial charge in [0.25, 0.3) is 0 Å². The number of morpholine rings is 1. The van der Waals surface area contributed by atoms with Crippen molar-refractivity contribution in [2.75, 3.05) is 161 Å². The number of hydrogen-bond donors (Lipinski definition) is 12. The van der Waals surface area contributed by atoms with Crippen molar-refractivity contribution >= 4 is 215 Å². The molecule has 131 heavy (non-hydrogen) atoms. The van der Waals surface area contributed by atoms with Gasteiger partial charge >= 0.3 is 51.4 Å². The summed E-state index contributed by atoms with van der Waals surface area (Å²) in [6.45, 7) is 34.7. The number of ether oxygens (including phenoxy) is 1. The number of rotatable bonds is 15. The molecule has 8 N–H and O–H groups in total. The maximum atomic E-state index is 10.4. The molecule has 0 aliphatic carbocycles. The smallest absolute Gasteiger partial charge is 1.00 e. The zero-order valence-electron chi connectivity index (χ0n) is 78.2. The first-order chi connectivity index (χ1) is 62.0. The van der Waals surface area contributed by atoms with Crippen molar-refractivity contribution in [1.82, 2.24) is 64.4 Å². The Bertz CT molecular complexity index is 4830. The number of nitrogens with two attached hydrogens (primary N) is 1. The summed E-state index contributed by atoms with van der Waals surface area (Å²) in [5.41, 5.74) is 13.7. The Morgan fingerprint density at radius 2 is 0.802 bits per heavy atom. The number of thioether (sulfide) groups is 1. The van der Waals surface area contributed by atoms with E-state index in [1.54, 1.807) is 23.0 Å². The molecule has 0 amide bonds. The normalized spacial score (nSPS) is 18.6. The number of benzene rings is 8. The Morgan fingerprint density at radius 1 is 0.427 bits per heavy atom. The largest absolute Gasteiger partial charge is 1.00 e. The standard InChI is InChI=1S/C17H21N2PS2.C14H16NPS2.C12H18NPS2.C11H16NPS3.C10H11N2PS2.C10H14NO2PS.C5H12N2.2C5H11N.C3H4N2.C2H7N.CH4.K.H/c1-15-7-9-17(10-8-15)20(21,22)19-13-11-18(12-14-19)16-5-3-2-4-6-16;1-12-7-9-14(10-8-12)16(17,18)15-11-13-5-3-2-4-6-13;1-11-5-7-12(8-6-11)14(15,16)13-9-3-2-4-10-13;1-10-2-4-11(5-3-10)13(14,15)12-6-8-16-9-7-12;1-9-3-5-10(6-4-9)13(14,15)12-8-2-7-11-12;12-14(15,10-4-2-1-3-5-10)11-6-8-13-9-7-11;1-7-4-2-6-3-5-7;2*1-2-4-6-5-3-1;1-2-4-5-3-1;1-2-3;;;/h2-10H,11-14H2,1H3,(H,21,22);2-10H,11H2,1H3,(H2,15,17,18);5-8H,2-4,9-10H2,1H3,(H,15,16);2-5H,6-9H2,1H3,(H,14,15);2-8H,1H3,(H,14,15);1-5H,6-9H2,(H,12,15);6H,2-5H2,1H3;2*6H,1-5H2;1-3H,(H,4,5);2-3H2,1H3;1H4;;/q;;;;;;;;;;;;+1;-1. The molecule has 10 aromatic rings. The van der Waals surface area contributed by atoms with E-state index in [2.05, 4.69) is 278 Å². The second-order valence-electron chi connectivity index (χ2n) is 31.8. The molecule has 2 aromatic heterocycles. The Hall–Kier alpha value is -0.864. The maximum Gasteiger partial charge on any atom is 1.00 e. The van der Waals surface area contributed by atoms with E-state index in [0.29, 0.717) is 13.2 Å². The number of anilines is 1. The molecule has 9 heterocycles. The Kier molecular flexibility index (Phi) is 61.5. The number of nitrogens with one attached hydrogen (secondary N) is 5. The second-order valence-corrected chi connectivity index (χ2v) is 68.1. The third-order valence-electron chi connectivity index (χ3n) is 21.4. The van der Waals surface area contributed by atoms with Crippen molar-refractivity contribution in [3.63, 3.8) is 0 Å². The fourth-order valence-electron chi connectivity index (χ4n) is 13.7. The number of aromatic amines is 1. The van der Waals surface area contributed by atoms with Gasteiger partial charge in [0.05, 0.1) is 34.8 Å². The molecule has 8 aromatic carbocycles. The summed E-state index contributed by atoms with van der Waals surface area (Å²) in [6, 6.07) is 76.2. The van der Waals surface area contributed by atoms with Crippen LogP contribution >= 0.6 is 106 Å². The quantitative estimate of drug-likeness (QED) is 0.0266. The Balaban J connectivity index is 0.000000313. The first-order valence-corrected chi connectivity index (χ1v) is 68.0. The monoisotopic (exact) mass is 2140 g/mol. The molecular weight excluding hydrogens is 1990 g/mol. The number of thiol groups is 5. The number of hydrogen-bond acceptors (Lipinski definition) is 16. The van der Waals surface area contributed by atoms with Crippen molar-refractivity contribution in [3.8, 4) is 0 Å². The number of H-pyrrole nitrogens is 1. The molecule has 6 unspecified atom stereocenters. The molecule has 0 bridgehead atoms. The Morgan fingerprint density at radius 3 is 1.15 bits per heavy atom. The molecule has 0 saturated carbocycles. The van der Waals surface area contributed by atoms with Gasteiger partial charge in [0.15, 0.2) is 6.42 Å². The van der Waals surface area contributed by atoms with Gasteiger partial charge in [-0.15, -0.1) is 61.2 Å². The average molecular weight is 2140 g/mol. The van der Waals surface area contributed by atoms with E-state index < -0.39 is 33.4 Å². The fraction of sp³-hybridized carbons (Fsp3) is 0.432. The van der Waals surface area contributed by atoms with E-state index in [4.69, 9.17) is 118 Å². The SMILES string of the molecule is C.C1CCNCC1.C1CCNCC1.CCN.CN1CCNCC1.Cc1ccc(P(=S)(S)N2CCCCC2)cc1.Cc1ccc(P(=S)(S)N2CCN(c3ccccc3)CC2)cc1.Cc1ccc(P(=S)(S)N2CCSCC2)cc1.Cc1ccc(P(=S)(S)NCc2ccccc2)cc1.Cc1ccc(P(=S)(S)n2cccn2)cc1.OP(=S)(c1ccccc1)N1CCOCC1.[H-].[K+].c1cn[nH]c1. The first-order valence-electron chi connectivity index (χ1n) is 44.6. The molecule has 7 aliphatic rings. The summed E-state index contributed by atoms with van der Waals surface area (Å²) in [4.78, 5) is 15.2. The topological polar surface area (TPSA) is 170 Å². The van der Waals surface area contributed by atoms with Crippen LogP contribution in [0.1, 0.15) is 107 Å². The molecule has 7 saturated heterocycles. The summed E-state index contributed by atoms with van der Waals surface area (Å²) < 4.78 is 16.2. The fourth-order valence-corrected chi connectivity index (χ4v) is 32.4. The minimum absolute atomic E-state index is 0. The molecule has 0 spiro atoms. The van der Waals surface area contributed by atoms with Crippen LogP contribution in [0.25, 0.3) is 0 Å². The first kappa shape index (κ1) is 121. The number of piperidine rings is 3. The van der Waals surface area contributed by atoms with Crippen LogP contribution in [0.5, 0.6) is 0 Å². The van der Waals surface area contributed by atoms with E-state index in [9.17, 15) is 4.89 Å². The van der Waals surface area contributed by atoms with Crippen molar-refractivity contribution in [2.24, 2.45) is 5.73 Å². The van der Waals surface area contributed by atoms with Gasteiger partial charge in [-0.25, -0.2) is 9.12 Å². The number of para-hydroxylation sites is 1. The van der Waals surface area contributed by atoms with Gasteiger partial charge in [-0.1, -0.05) is 321 Å².